The molecule has 0 spiro atoms. The molecule has 1 N–H and O–H groups in total. The molecule has 1 aliphatic rings. The third-order valence-electron chi connectivity index (χ3n) is 3.45. The highest BCUT2D eigenvalue weighted by Crippen LogP contribution is 2.21. The van der Waals surface area contributed by atoms with Crippen LogP contribution in [0.5, 0.6) is 0 Å². The van der Waals surface area contributed by atoms with Gasteiger partial charge in [-0.3, -0.25) is 0 Å². The van der Waals surface area contributed by atoms with Crippen molar-refractivity contribution in [2.75, 3.05) is 26.4 Å². The van der Waals surface area contributed by atoms with Crippen molar-refractivity contribution in [1.82, 2.24) is 4.31 Å². The van der Waals surface area contributed by atoms with Gasteiger partial charge in [0.2, 0.25) is 10.0 Å². The zero-order valence-corrected chi connectivity index (χ0v) is 12.5. The van der Waals surface area contributed by atoms with Crippen LogP contribution in [0.25, 0.3) is 0 Å². The van der Waals surface area contributed by atoms with E-state index >= 15 is 0 Å². The molecule has 0 amide bonds. The first kappa shape index (κ1) is 15.4. The molecule has 6 heteroatoms. The first-order valence-electron chi connectivity index (χ1n) is 6.89. The molecule has 1 saturated heterocycles. The maximum absolute atomic E-state index is 12.6. The third-order valence-corrected chi connectivity index (χ3v) is 5.42. The molecule has 1 aromatic rings. The second-order valence-electron chi connectivity index (χ2n) is 4.92. The second-order valence-corrected chi connectivity index (χ2v) is 6.81. The number of aryl methyl sites for hydroxylation is 1. The van der Waals surface area contributed by atoms with Gasteiger partial charge in [-0.2, -0.15) is 4.31 Å². The topological polar surface area (TPSA) is 66.8 Å². The van der Waals surface area contributed by atoms with Crippen LogP contribution in [0.2, 0.25) is 0 Å². The summed E-state index contributed by atoms with van der Waals surface area (Å²) >= 11 is 0. The predicted octanol–water partition coefficient (Wildman–Crippen LogP) is 1.02. The van der Waals surface area contributed by atoms with Crippen LogP contribution in [0.4, 0.5) is 0 Å². The van der Waals surface area contributed by atoms with Crippen LogP contribution in [-0.4, -0.2) is 50.2 Å². The fraction of sp³-hybridized carbons (Fsp3) is 0.571. The lowest BCUT2D eigenvalue weighted by molar-refractivity contribution is 0.0109. The number of benzene rings is 1. The molecule has 0 radical (unpaired) electrons. The third kappa shape index (κ3) is 3.20. The largest absolute Gasteiger partial charge is 0.395 e. The van der Waals surface area contributed by atoms with E-state index in [-0.39, 0.29) is 24.7 Å². The molecule has 1 heterocycles. The van der Waals surface area contributed by atoms with Crippen molar-refractivity contribution in [2.45, 2.75) is 30.7 Å². The Kier molecular flexibility index (Phi) is 5.15. The second kappa shape index (κ2) is 6.67. The predicted molar refractivity (Wildman–Crippen MR) is 76.0 cm³/mol. The van der Waals surface area contributed by atoms with E-state index < -0.39 is 16.1 Å². The highest BCUT2D eigenvalue weighted by molar-refractivity contribution is 7.89. The number of ether oxygens (including phenoxy) is 1. The highest BCUT2D eigenvalue weighted by Gasteiger charge is 2.33. The van der Waals surface area contributed by atoms with Gasteiger partial charge in [-0.15, -0.1) is 0 Å². The summed E-state index contributed by atoms with van der Waals surface area (Å²) in [4.78, 5) is 0.276. The van der Waals surface area contributed by atoms with E-state index in [1.54, 1.807) is 12.1 Å². The SMILES string of the molecule is CCCc1ccc(S(=O)(=O)N2CCOCC2CO)cc1. The van der Waals surface area contributed by atoms with Crippen LogP contribution in [0.1, 0.15) is 18.9 Å². The average molecular weight is 299 g/mol. The van der Waals surface area contributed by atoms with Gasteiger partial charge >= 0.3 is 0 Å². The van der Waals surface area contributed by atoms with E-state index in [9.17, 15) is 13.5 Å². The van der Waals surface area contributed by atoms with Crippen LogP contribution in [0.3, 0.4) is 0 Å². The Morgan fingerprint density at radius 2 is 2.05 bits per heavy atom. The van der Waals surface area contributed by atoms with Gasteiger partial charge in [-0.1, -0.05) is 25.5 Å². The summed E-state index contributed by atoms with van der Waals surface area (Å²) in [5.41, 5.74) is 1.13. The Bertz CT molecular complexity index is 527. The van der Waals surface area contributed by atoms with Crippen LogP contribution in [0.15, 0.2) is 29.2 Å². The highest BCUT2D eigenvalue weighted by atomic mass is 32.2. The fourth-order valence-corrected chi connectivity index (χ4v) is 3.94. The van der Waals surface area contributed by atoms with E-state index in [1.807, 2.05) is 12.1 Å². The molecule has 5 nitrogen and oxygen atoms in total. The standard InChI is InChI=1S/C14H21NO4S/c1-2-3-12-4-6-14(7-5-12)20(17,18)15-8-9-19-11-13(15)10-16/h4-7,13,16H,2-3,8-11H2,1H3. The van der Waals surface area contributed by atoms with Gasteiger partial charge in [-0.25, -0.2) is 8.42 Å². The molecule has 0 bridgehead atoms. The van der Waals surface area contributed by atoms with Gasteiger partial charge in [0.05, 0.1) is 30.8 Å². The van der Waals surface area contributed by atoms with Gasteiger partial charge in [-0.05, 0) is 24.1 Å². The number of sulfonamides is 1. The molecule has 2 rings (SSSR count). The van der Waals surface area contributed by atoms with Gasteiger partial charge < -0.3 is 9.84 Å². The van der Waals surface area contributed by atoms with Crippen molar-refractivity contribution in [3.05, 3.63) is 29.8 Å². The number of rotatable bonds is 5. The lowest BCUT2D eigenvalue weighted by atomic mass is 10.1. The summed E-state index contributed by atoms with van der Waals surface area (Å²) in [6.45, 7) is 2.74. The maximum atomic E-state index is 12.6. The van der Waals surface area contributed by atoms with Crippen molar-refractivity contribution in [3.63, 3.8) is 0 Å². The molecule has 0 saturated carbocycles. The normalized spacial score (nSPS) is 21.0. The molecule has 1 fully saturated rings. The van der Waals surface area contributed by atoms with Gasteiger partial charge in [0.15, 0.2) is 0 Å². The number of nitrogens with zero attached hydrogens (tertiary/aromatic N) is 1. The van der Waals surface area contributed by atoms with Crippen LogP contribution < -0.4 is 0 Å². The average Bonchev–Trinajstić information content (AvgIpc) is 2.48. The quantitative estimate of drug-likeness (QED) is 0.881. The van der Waals surface area contributed by atoms with Crippen molar-refractivity contribution < 1.29 is 18.3 Å². The molecule has 1 atom stereocenters. The number of aliphatic hydroxyl groups is 1. The summed E-state index contributed by atoms with van der Waals surface area (Å²) in [5.74, 6) is 0. The Morgan fingerprint density at radius 1 is 1.35 bits per heavy atom. The van der Waals surface area contributed by atoms with E-state index in [1.165, 1.54) is 4.31 Å². The number of morpholine rings is 1. The minimum atomic E-state index is -3.56. The van der Waals surface area contributed by atoms with Crippen molar-refractivity contribution in [3.8, 4) is 0 Å². The minimum absolute atomic E-state index is 0.229. The monoisotopic (exact) mass is 299 g/mol. The first-order chi connectivity index (χ1) is 9.59. The first-order valence-corrected chi connectivity index (χ1v) is 8.33. The van der Waals surface area contributed by atoms with Crippen molar-refractivity contribution >= 4 is 10.0 Å². The van der Waals surface area contributed by atoms with Gasteiger partial charge in [0.25, 0.3) is 0 Å². The summed E-state index contributed by atoms with van der Waals surface area (Å²) in [5, 5.41) is 9.30. The molecular formula is C14H21NO4S. The molecule has 20 heavy (non-hydrogen) atoms. The fourth-order valence-electron chi connectivity index (χ4n) is 2.35. The Balaban J connectivity index is 2.24. The van der Waals surface area contributed by atoms with Crippen LogP contribution in [0, 0.1) is 0 Å². The van der Waals surface area contributed by atoms with E-state index in [0.717, 1.165) is 18.4 Å². The molecule has 112 valence electrons. The van der Waals surface area contributed by atoms with Crippen molar-refractivity contribution in [2.24, 2.45) is 0 Å². The van der Waals surface area contributed by atoms with Crippen molar-refractivity contribution in [1.29, 1.82) is 0 Å². The van der Waals surface area contributed by atoms with E-state index in [0.29, 0.717) is 6.61 Å². The van der Waals surface area contributed by atoms with Gasteiger partial charge in [0, 0.05) is 6.54 Å². The molecule has 0 aromatic heterocycles. The summed E-state index contributed by atoms with van der Waals surface area (Å²) in [6.07, 6.45) is 1.97. The maximum Gasteiger partial charge on any atom is 0.243 e. The number of aliphatic hydroxyl groups excluding tert-OH is 1. The molecule has 1 aliphatic heterocycles. The van der Waals surface area contributed by atoms with Crippen LogP contribution in [-0.2, 0) is 21.2 Å². The molecular weight excluding hydrogens is 278 g/mol. The molecule has 1 unspecified atom stereocenters. The molecule has 0 aliphatic carbocycles. The smallest absolute Gasteiger partial charge is 0.243 e. The van der Waals surface area contributed by atoms with Gasteiger partial charge in [0.1, 0.15) is 0 Å². The lowest BCUT2D eigenvalue weighted by Crippen LogP contribution is -2.50. The zero-order valence-electron chi connectivity index (χ0n) is 11.7. The summed E-state index contributed by atoms with van der Waals surface area (Å²) in [7, 11) is -3.56. The number of hydrogen-bond acceptors (Lipinski definition) is 4. The van der Waals surface area contributed by atoms with Crippen LogP contribution >= 0.6 is 0 Å². The minimum Gasteiger partial charge on any atom is -0.395 e. The molecule has 1 aromatic carbocycles. The van der Waals surface area contributed by atoms with E-state index in [2.05, 4.69) is 6.92 Å². The summed E-state index contributed by atoms with van der Waals surface area (Å²) in [6, 6.07) is 6.49. The van der Waals surface area contributed by atoms with E-state index in [4.69, 9.17) is 4.74 Å². The lowest BCUT2D eigenvalue weighted by Gasteiger charge is -2.33. The Morgan fingerprint density at radius 3 is 2.65 bits per heavy atom. The zero-order chi connectivity index (χ0) is 14.6. The summed E-state index contributed by atoms with van der Waals surface area (Å²) < 4.78 is 31.7. The Hall–Kier alpha value is -0.950. The Labute approximate surface area is 120 Å². The number of hydrogen-bond donors (Lipinski definition) is 1.